The maximum absolute atomic E-state index is 5.48. The fourth-order valence-corrected chi connectivity index (χ4v) is 2.19. The van der Waals surface area contributed by atoms with Crippen molar-refractivity contribution < 1.29 is 4.74 Å². The van der Waals surface area contributed by atoms with Gasteiger partial charge in [-0.25, -0.2) is 0 Å². The average Bonchev–Trinajstić information content (AvgIpc) is 2.33. The molecule has 1 saturated heterocycles. The van der Waals surface area contributed by atoms with Crippen molar-refractivity contribution >= 4 is 11.8 Å². The Morgan fingerprint density at radius 1 is 1.67 bits per heavy atom. The highest BCUT2D eigenvalue weighted by Gasteiger charge is 2.25. The van der Waals surface area contributed by atoms with Gasteiger partial charge in [0.25, 0.3) is 0 Å². The molecule has 0 aromatic heterocycles. The van der Waals surface area contributed by atoms with E-state index in [-0.39, 0.29) is 0 Å². The molecule has 1 rings (SSSR count). The summed E-state index contributed by atoms with van der Waals surface area (Å²) in [5.41, 5.74) is 0. The number of thioether (sulfide) groups is 1. The van der Waals surface area contributed by atoms with Crippen molar-refractivity contribution in [2.45, 2.75) is 31.1 Å². The number of ether oxygens (including phenoxy) is 1. The highest BCUT2D eigenvalue weighted by molar-refractivity contribution is 7.99. The lowest BCUT2D eigenvalue weighted by atomic mass is 10.2. The van der Waals surface area contributed by atoms with Crippen LogP contribution in [0, 0.1) is 0 Å². The maximum atomic E-state index is 5.48. The third-order valence-corrected chi connectivity index (χ3v) is 3.00. The van der Waals surface area contributed by atoms with Gasteiger partial charge in [-0.05, 0) is 19.1 Å². The topological polar surface area (TPSA) is 9.23 Å². The molecule has 9 heavy (non-hydrogen) atoms. The van der Waals surface area contributed by atoms with E-state index < -0.39 is 0 Å². The first kappa shape index (κ1) is 7.42. The Hall–Kier alpha value is 0.310. The van der Waals surface area contributed by atoms with Crippen molar-refractivity contribution in [1.82, 2.24) is 0 Å². The maximum Gasteiger partial charge on any atom is 0.0691 e. The molecular weight excluding hydrogens is 132 g/mol. The summed E-state index contributed by atoms with van der Waals surface area (Å²) >= 11 is 1.94. The molecule has 2 heteroatoms. The minimum atomic E-state index is 0.542. The van der Waals surface area contributed by atoms with Crippen LogP contribution in [0.3, 0.4) is 0 Å². The molecule has 0 saturated carbocycles. The van der Waals surface area contributed by atoms with E-state index in [1.165, 1.54) is 12.8 Å². The second-order valence-corrected chi connectivity index (χ2v) is 3.46. The van der Waals surface area contributed by atoms with E-state index in [1.54, 1.807) is 0 Å². The molecule has 1 fully saturated rings. The summed E-state index contributed by atoms with van der Waals surface area (Å²) in [6, 6.07) is 0. The Morgan fingerprint density at radius 2 is 2.44 bits per heavy atom. The fraction of sp³-hybridized carbons (Fsp3) is 1.00. The Morgan fingerprint density at radius 3 is 2.89 bits per heavy atom. The van der Waals surface area contributed by atoms with Crippen molar-refractivity contribution in [3.8, 4) is 0 Å². The molecule has 1 nitrogen and oxygen atoms in total. The van der Waals surface area contributed by atoms with Crippen molar-refractivity contribution in [1.29, 1.82) is 0 Å². The summed E-state index contributed by atoms with van der Waals surface area (Å²) in [6.45, 7) is 3.17. The van der Waals surface area contributed by atoms with Gasteiger partial charge in [0.15, 0.2) is 0 Å². The van der Waals surface area contributed by atoms with Gasteiger partial charge in [0.1, 0.15) is 0 Å². The summed E-state index contributed by atoms with van der Waals surface area (Å²) in [7, 11) is 0. The Labute approximate surface area is 61.2 Å². The van der Waals surface area contributed by atoms with Crippen LogP contribution in [0.4, 0.5) is 0 Å². The minimum Gasteiger partial charge on any atom is -0.377 e. The van der Waals surface area contributed by atoms with Crippen LogP contribution in [-0.4, -0.2) is 24.2 Å². The first-order valence-electron chi connectivity index (χ1n) is 3.53. The van der Waals surface area contributed by atoms with E-state index >= 15 is 0 Å². The van der Waals surface area contributed by atoms with E-state index in [1.807, 2.05) is 11.8 Å². The van der Waals surface area contributed by atoms with Gasteiger partial charge in [0, 0.05) is 11.9 Å². The Kier molecular flexibility index (Phi) is 2.86. The zero-order valence-electron chi connectivity index (χ0n) is 6.09. The predicted octanol–water partition coefficient (Wildman–Crippen LogP) is 1.92. The van der Waals surface area contributed by atoms with E-state index in [0.29, 0.717) is 6.10 Å². The molecule has 2 unspecified atom stereocenters. The van der Waals surface area contributed by atoms with E-state index in [0.717, 1.165) is 11.9 Å². The molecule has 2 atom stereocenters. The van der Waals surface area contributed by atoms with Gasteiger partial charge in [0.2, 0.25) is 0 Å². The summed E-state index contributed by atoms with van der Waals surface area (Å²) in [5.74, 6) is 0. The van der Waals surface area contributed by atoms with Gasteiger partial charge in [-0.1, -0.05) is 6.92 Å². The fourth-order valence-electron chi connectivity index (χ4n) is 1.28. The van der Waals surface area contributed by atoms with Crippen LogP contribution in [0.1, 0.15) is 19.8 Å². The second-order valence-electron chi connectivity index (χ2n) is 2.38. The minimum absolute atomic E-state index is 0.542. The Bertz CT molecular complexity index is 75.0. The largest absolute Gasteiger partial charge is 0.377 e. The zero-order valence-corrected chi connectivity index (χ0v) is 6.91. The van der Waals surface area contributed by atoms with Crippen LogP contribution in [0.15, 0.2) is 0 Å². The lowest BCUT2D eigenvalue weighted by molar-refractivity contribution is 0.110. The standard InChI is InChI=1S/C7H14OS/c1-3-6-7(9-2)4-5-8-6/h6-7H,3-5H2,1-2H3. The normalized spacial score (nSPS) is 35.3. The molecule has 0 aromatic carbocycles. The van der Waals surface area contributed by atoms with Gasteiger partial charge in [-0.2, -0.15) is 11.8 Å². The van der Waals surface area contributed by atoms with Crippen molar-refractivity contribution in [3.63, 3.8) is 0 Å². The van der Waals surface area contributed by atoms with Crippen LogP contribution in [0.5, 0.6) is 0 Å². The highest BCUT2D eigenvalue weighted by atomic mass is 32.2. The second kappa shape index (κ2) is 3.47. The van der Waals surface area contributed by atoms with E-state index in [9.17, 15) is 0 Å². The van der Waals surface area contributed by atoms with Crippen LogP contribution < -0.4 is 0 Å². The molecule has 0 bridgehead atoms. The number of rotatable bonds is 2. The third kappa shape index (κ3) is 1.62. The molecular formula is C7H14OS. The van der Waals surface area contributed by atoms with Crippen molar-refractivity contribution in [2.24, 2.45) is 0 Å². The first-order chi connectivity index (χ1) is 4.38. The predicted molar refractivity (Wildman–Crippen MR) is 42.0 cm³/mol. The summed E-state index contributed by atoms with van der Waals surface area (Å²) in [5, 5.41) is 0.773. The highest BCUT2D eigenvalue weighted by Crippen LogP contribution is 2.25. The zero-order chi connectivity index (χ0) is 6.69. The quantitative estimate of drug-likeness (QED) is 0.588. The van der Waals surface area contributed by atoms with Crippen LogP contribution in [0.25, 0.3) is 0 Å². The summed E-state index contributed by atoms with van der Waals surface area (Å²) < 4.78 is 5.48. The van der Waals surface area contributed by atoms with E-state index in [4.69, 9.17) is 4.74 Å². The molecule has 1 heterocycles. The smallest absolute Gasteiger partial charge is 0.0691 e. The molecule has 0 spiro atoms. The monoisotopic (exact) mass is 146 g/mol. The third-order valence-electron chi connectivity index (χ3n) is 1.85. The van der Waals surface area contributed by atoms with Crippen LogP contribution >= 0.6 is 11.8 Å². The summed E-state index contributed by atoms with van der Waals surface area (Å²) in [4.78, 5) is 0. The van der Waals surface area contributed by atoms with Gasteiger partial charge in [-0.3, -0.25) is 0 Å². The number of hydrogen-bond acceptors (Lipinski definition) is 2. The molecule has 54 valence electrons. The lowest BCUT2D eigenvalue weighted by Crippen LogP contribution is -2.15. The van der Waals surface area contributed by atoms with Gasteiger partial charge >= 0.3 is 0 Å². The molecule has 1 aliphatic rings. The molecule has 0 radical (unpaired) electrons. The average molecular weight is 146 g/mol. The molecule has 0 N–H and O–H groups in total. The first-order valence-corrected chi connectivity index (χ1v) is 4.81. The molecule has 0 aliphatic carbocycles. The van der Waals surface area contributed by atoms with Gasteiger partial charge < -0.3 is 4.74 Å². The Balaban J connectivity index is 2.32. The molecule has 0 aromatic rings. The number of hydrogen-bond donors (Lipinski definition) is 0. The van der Waals surface area contributed by atoms with E-state index in [2.05, 4.69) is 13.2 Å². The SMILES string of the molecule is CCC1OCCC1SC. The lowest BCUT2D eigenvalue weighted by Gasteiger charge is -2.12. The van der Waals surface area contributed by atoms with Gasteiger partial charge in [0.05, 0.1) is 6.10 Å². The van der Waals surface area contributed by atoms with Crippen molar-refractivity contribution in [3.05, 3.63) is 0 Å². The molecule has 1 aliphatic heterocycles. The summed E-state index contributed by atoms with van der Waals surface area (Å²) in [6.07, 6.45) is 5.13. The van der Waals surface area contributed by atoms with Gasteiger partial charge in [-0.15, -0.1) is 0 Å². The van der Waals surface area contributed by atoms with Crippen LogP contribution in [-0.2, 0) is 4.74 Å². The van der Waals surface area contributed by atoms with Crippen LogP contribution in [0.2, 0.25) is 0 Å². The molecule has 0 amide bonds. The van der Waals surface area contributed by atoms with Crippen molar-refractivity contribution in [2.75, 3.05) is 12.9 Å².